The maximum absolute atomic E-state index is 11.8. The molecule has 1 aliphatic rings. The molecule has 1 aliphatic heterocycles. The van der Waals surface area contributed by atoms with E-state index in [2.05, 4.69) is 20.9 Å². The van der Waals surface area contributed by atoms with Gasteiger partial charge in [0.05, 0.1) is 6.54 Å². The van der Waals surface area contributed by atoms with Crippen molar-refractivity contribution in [2.24, 2.45) is 10.9 Å². The Morgan fingerprint density at radius 2 is 1.85 bits per heavy atom. The summed E-state index contributed by atoms with van der Waals surface area (Å²) in [6.45, 7) is 9.04. The van der Waals surface area contributed by atoms with Crippen molar-refractivity contribution in [2.45, 2.75) is 40.2 Å². The van der Waals surface area contributed by atoms with Gasteiger partial charge in [-0.3, -0.25) is 9.59 Å². The molecule has 0 unspecified atom stereocenters. The Labute approximate surface area is 161 Å². The second kappa shape index (κ2) is 10.5. The number of guanidine groups is 1. The number of hydrogen-bond acceptors (Lipinski definition) is 3. The molecule has 7 nitrogen and oxygen atoms in total. The Morgan fingerprint density at radius 1 is 1.15 bits per heavy atom. The lowest BCUT2D eigenvalue weighted by atomic mass is 10.2. The summed E-state index contributed by atoms with van der Waals surface area (Å²) in [5.41, 5.74) is 2.03. The van der Waals surface area contributed by atoms with Crippen LogP contribution < -0.4 is 20.9 Å². The molecule has 27 heavy (non-hydrogen) atoms. The van der Waals surface area contributed by atoms with Crippen LogP contribution in [0.2, 0.25) is 0 Å². The highest BCUT2D eigenvalue weighted by Crippen LogP contribution is 2.21. The van der Waals surface area contributed by atoms with Gasteiger partial charge in [0.25, 0.3) is 0 Å². The van der Waals surface area contributed by atoms with E-state index in [-0.39, 0.29) is 17.7 Å². The maximum Gasteiger partial charge on any atom is 0.227 e. The predicted octanol–water partition coefficient (Wildman–Crippen LogP) is 1.64. The van der Waals surface area contributed by atoms with E-state index < -0.39 is 0 Å². The lowest BCUT2D eigenvalue weighted by Gasteiger charge is -2.16. The number of benzene rings is 1. The van der Waals surface area contributed by atoms with Crippen LogP contribution in [0, 0.1) is 5.92 Å². The first-order valence-corrected chi connectivity index (χ1v) is 9.70. The van der Waals surface area contributed by atoms with Crippen molar-refractivity contribution in [3.8, 4) is 0 Å². The second-order valence-corrected chi connectivity index (χ2v) is 6.88. The normalized spacial score (nSPS) is 14.6. The van der Waals surface area contributed by atoms with Crippen LogP contribution in [0.25, 0.3) is 0 Å². The van der Waals surface area contributed by atoms with Crippen LogP contribution in [0.4, 0.5) is 5.69 Å². The Bertz CT molecular complexity index is 655. The van der Waals surface area contributed by atoms with Crippen molar-refractivity contribution < 1.29 is 9.59 Å². The molecule has 0 bridgehead atoms. The summed E-state index contributed by atoms with van der Waals surface area (Å²) >= 11 is 0. The van der Waals surface area contributed by atoms with Crippen LogP contribution in [-0.2, 0) is 16.1 Å². The number of aliphatic imine (C=N–C) groups is 1. The summed E-state index contributed by atoms with van der Waals surface area (Å²) < 4.78 is 0. The number of carbonyl (C=O) groups excluding carboxylic acids is 2. The third kappa shape index (κ3) is 6.58. The number of nitrogens with zero attached hydrogens (tertiary/aromatic N) is 2. The first-order valence-electron chi connectivity index (χ1n) is 9.70. The molecular formula is C20H31N5O2. The first-order chi connectivity index (χ1) is 13.0. The van der Waals surface area contributed by atoms with Gasteiger partial charge >= 0.3 is 0 Å². The van der Waals surface area contributed by atoms with Gasteiger partial charge in [-0.05, 0) is 31.0 Å². The highest BCUT2D eigenvalue weighted by Gasteiger charge is 2.21. The van der Waals surface area contributed by atoms with E-state index in [4.69, 9.17) is 0 Å². The molecule has 0 spiro atoms. The number of anilines is 1. The molecule has 2 amide bonds. The molecule has 148 valence electrons. The monoisotopic (exact) mass is 373 g/mol. The molecule has 1 fully saturated rings. The Balaban J connectivity index is 1.84. The highest BCUT2D eigenvalue weighted by molar-refractivity contribution is 5.95. The molecular weight excluding hydrogens is 342 g/mol. The summed E-state index contributed by atoms with van der Waals surface area (Å²) in [7, 11) is 0. The highest BCUT2D eigenvalue weighted by atomic mass is 16.2. The maximum atomic E-state index is 11.8. The van der Waals surface area contributed by atoms with Crippen LogP contribution >= 0.6 is 0 Å². The number of carbonyl (C=O) groups is 2. The number of nitrogens with one attached hydrogen (secondary N) is 3. The minimum absolute atomic E-state index is 0.00858. The average molecular weight is 374 g/mol. The molecule has 0 radical (unpaired) electrons. The fourth-order valence-electron chi connectivity index (χ4n) is 2.79. The van der Waals surface area contributed by atoms with E-state index >= 15 is 0 Å². The zero-order valence-corrected chi connectivity index (χ0v) is 16.5. The van der Waals surface area contributed by atoms with Gasteiger partial charge in [0, 0.05) is 44.2 Å². The largest absolute Gasteiger partial charge is 0.357 e. The minimum atomic E-state index is -0.00858. The Kier molecular flexibility index (Phi) is 8.10. The van der Waals surface area contributed by atoms with E-state index in [9.17, 15) is 9.59 Å². The van der Waals surface area contributed by atoms with Gasteiger partial charge in [0.2, 0.25) is 11.8 Å². The number of hydrogen-bond donors (Lipinski definition) is 3. The van der Waals surface area contributed by atoms with Gasteiger partial charge in [-0.25, -0.2) is 4.99 Å². The smallest absolute Gasteiger partial charge is 0.227 e. The summed E-state index contributed by atoms with van der Waals surface area (Å²) in [6.07, 6.45) is 1.57. The number of rotatable bonds is 8. The standard InChI is InChI=1S/C20H31N5O2/c1-4-21-20(23-12-11-22-19(27)15(2)3)24-14-16-7-9-17(10-8-16)25-13-5-6-18(25)26/h7-10,15H,4-6,11-14H2,1-3H3,(H,22,27)(H2,21,23,24). The third-order valence-corrected chi connectivity index (χ3v) is 4.33. The first kappa shape index (κ1) is 20.7. The number of amides is 2. The van der Waals surface area contributed by atoms with Crippen molar-refractivity contribution in [3.63, 3.8) is 0 Å². The molecule has 0 saturated carbocycles. The van der Waals surface area contributed by atoms with Crippen LogP contribution in [0.3, 0.4) is 0 Å². The quantitative estimate of drug-likeness (QED) is 0.367. The molecule has 3 N–H and O–H groups in total. The van der Waals surface area contributed by atoms with Crippen LogP contribution in [0.1, 0.15) is 39.2 Å². The fraction of sp³-hybridized carbons (Fsp3) is 0.550. The third-order valence-electron chi connectivity index (χ3n) is 4.33. The van der Waals surface area contributed by atoms with E-state index in [1.165, 1.54) is 0 Å². The van der Waals surface area contributed by atoms with Gasteiger partial charge in [-0.15, -0.1) is 0 Å². The second-order valence-electron chi connectivity index (χ2n) is 6.88. The molecule has 7 heteroatoms. The van der Waals surface area contributed by atoms with E-state index in [0.29, 0.717) is 26.1 Å². The van der Waals surface area contributed by atoms with Crippen molar-refractivity contribution in [2.75, 3.05) is 31.1 Å². The van der Waals surface area contributed by atoms with Crippen molar-refractivity contribution in [1.29, 1.82) is 0 Å². The minimum Gasteiger partial charge on any atom is -0.357 e. The Hall–Kier alpha value is -2.57. The topological polar surface area (TPSA) is 85.8 Å². The Morgan fingerprint density at radius 3 is 2.44 bits per heavy atom. The zero-order valence-electron chi connectivity index (χ0n) is 16.5. The van der Waals surface area contributed by atoms with Gasteiger partial charge < -0.3 is 20.9 Å². The van der Waals surface area contributed by atoms with Crippen molar-refractivity contribution >= 4 is 23.5 Å². The van der Waals surface area contributed by atoms with Gasteiger partial charge in [0.1, 0.15) is 0 Å². The van der Waals surface area contributed by atoms with Gasteiger partial charge in [-0.2, -0.15) is 0 Å². The molecule has 1 saturated heterocycles. The van der Waals surface area contributed by atoms with Crippen molar-refractivity contribution in [3.05, 3.63) is 29.8 Å². The predicted molar refractivity (Wildman–Crippen MR) is 109 cm³/mol. The summed E-state index contributed by atoms with van der Waals surface area (Å²) in [6, 6.07) is 7.99. The fourth-order valence-corrected chi connectivity index (χ4v) is 2.79. The zero-order chi connectivity index (χ0) is 19.6. The average Bonchev–Trinajstić information content (AvgIpc) is 3.09. The van der Waals surface area contributed by atoms with Crippen LogP contribution in [0.15, 0.2) is 29.3 Å². The van der Waals surface area contributed by atoms with E-state index in [1.807, 2.05) is 49.9 Å². The SMILES string of the molecule is CCNC(=NCc1ccc(N2CCCC2=O)cc1)NCCNC(=O)C(C)C. The van der Waals surface area contributed by atoms with Crippen LogP contribution in [-0.4, -0.2) is 44.0 Å². The van der Waals surface area contributed by atoms with E-state index in [1.54, 1.807) is 0 Å². The van der Waals surface area contributed by atoms with E-state index in [0.717, 1.165) is 36.7 Å². The van der Waals surface area contributed by atoms with Crippen LogP contribution in [0.5, 0.6) is 0 Å². The summed E-state index contributed by atoms with van der Waals surface area (Å²) in [4.78, 5) is 29.8. The molecule has 1 aromatic rings. The molecule has 2 rings (SSSR count). The summed E-state index contributed by atoms with van der Waals surface area (Å²) in [5, 5.41) is 9.29. The molecule has 0 aromatic heterocycles. The van der Waals surface area contributed by atoms with Gasteiger partial charge in [-0.1, -0.05) is 26.0 Å². The molecule has 1 heterocycles. The van der Waals surface area contributed by atoms with Crippen molar-refractivity contribution in [1.82, 2.24) is 16.0 Å². The van der Waals surface area contributed by atoms with Gasteiger partial charge in [0.15, 0.2) is 5.96 Å². The lowest BCUT2D eigenvalue weighted by Crippen LogP contribution is -2.42. The molecule has 0 atom stereocenters. The summed E-state index contributed by atoms with van der Waals surface area (Å²) in [5.74, 6) is 0.958. The lowest BCUT2D eigenvalue weighted by molar-refractivity contribution is -0.124. The molecule has 1 aromatic carbocycles. The molecule has 0 aliphatic carbocycles.